The number of benzene rings is 1. The van der Waals surface area contributed by atoms with Gasteiger partial charge in [-0.15, -0.1) is 11.6 Å². The fraction of sp³-hybridized carbons (Fsp3) is 0.450. The average molecular weight is 424 g/mol. The molecule has 0 bridgehead atoms. The fourth-order valence-electron chi connectivity index (χ4n) is 2.84. The molecule has 0 saturated carbocycles. The number of thiocarbonyl (C=S) groups is 1. The smallest absolute Gasteiger partial charge is 0.338 e. The summed E-state index contributed by atoms with van der Waals surface area (Å²) in [5.74, 6) is -0.00335. The van der Waals surface area contributed by atoms with Crippen LogP contribution in [0.2, 0.25) is 0 Å². The lowest BCUT2D eigenvalue weighted by atomic mass is 9.95. The monoisotopic (exact) mass is 423 g/mol. The highest BCUT2D eigenvalue weighted by molar-refractivity contribution is 7.80. The molecule has 1 unspecified atom stereocenters. The SMILES string of the molecule is CC1=C(C(=O)OC(C)C)C(c2ccc(NC(=O)CCCCl)cc2)NC(=S)N1C. The van der Waals surface area contributed by atoms with Crippen molar-refractivity contribution in [1.29, 1.82) is 0 Å². The van der Waals surface area contributed by atoms with Crippen molar-refractivity contribution in [3.63, 3.8) is 0 Å². The highest BCUT2D eigenvalue weighted by atomic mass is 35.5. The van der Waals surface area contributed by atoms with Crippen LogP contribution < -0.4 is 10.6 Å². The molecule has 1 atom stereocenters. The van der Waals surface area contributed by atoms with E-state index in [-0.39, 0.29) is 18.0 Å². The lowest BCUT2D eigenvalue weighted by molar-refractivity contribution is -0.143. The van der Waals surface area contributed by atoms with Crippen LogP contribution in [0.15, 0.2) is 35.5 Å². The molecule has 6 nitrogen and oxygen atoms in total. The molecule has 1 aliphatic rings. The summed E-state index contributed by atoms with van der Waals surface area (Å²) in [6.07, 6.45) is 0.787. The van der Waals surface area contributed by atoms with Gasteiger partial charge in [-0.2, -0.15) is 0 Å². The first-order valence-electron chi connectivity index (χ1n) is 9.16. The van der Waals surface area contributed by atoms with Crippen LogP contribution in [0.4, 0.5) is 5.69 Å². The Labute approximate surface area is 176 Å². The summed E-state index contributed by atoms with van der Waals surface area (Å²) >= 11 is 11.0. The Morgan fingerprint density at radius 2 is 1.96 bits per heavy atom. The maximum atomic E-state index is 12.7. The molecule has 1 aromatic carbocycles. The first kappa shape index (κ1) is 22.2. The van der Waals surface area contributed by atoms with Crippen LogP contribution in [0.5, 0.6) is 0 Å². The lowest BCUT2D eigenvalue weighted by Gasteiger charge is -2.35. The molecular formula is C20H26ClN3O3S. The number of anilines is 1. The van der Waals surface area contributed by atoms with Crippen LogP contribution in [-0.4, -0.2) is 40.9 Å². The summed E-state index contributed by atoms with van der Waals surface area (Å²) in [5.41, 5.74) is 2.80. The zero-order chi connectivity index (χ0) is 20.8. The maximum Gasteiger partial charge on any atom is 0.338 e. The number of nitrogens with zero attached hydrogens (tertiary/aromatic N) is 1. The number of hydrogen-bond donors (Lipinski definition) is 2. The second kappa shape index (κ2) is 9.89. The van der Waals surface area contributed by atoms with E-state index < -0.39 is 6.04 Å². The van der Waals surface area contributed by atoms with E-state index in [1.165, 1.54) is 0 Å². The van der Waals surface area contributed by atoms with Gasteiger partial charge in [-0.1, -0.05) is 12.1 Å². The van der Waals surface area contributed by atoms with Gasteiger partial charge in [0.1, 0.15) is 0 Å². The number of rotatable bonds is 7. The number of ether oxygens (including phenoxy) is 1. The van der Waals surface area contributed by atoms with Crippen molar-refractivity contribution in [1.82, 2.24) is 10.2 Å². The van der Waals surface area contributed by atoms with Crippen molar-refractivity contribution in [2.24, 2.45) is 0 Å². The zero-order valence-electron chi connectivity index (χ0n) is 16.5. The van der Waals surface area contributed by atoms with Gasteiger partial charge in [0.15, 0.2) is 5.11 Å². The van der Waals surface area contributed by atoms with Crippen molar-refractivity contribution in [3.8, 4) is 0 Å². The summed E-state index contributed by atoms with van der Waals surface area (Å²) in [7, 11) is 1.81. The number of hydrogen-bond acceptors (Lipinski definition) is 4. The van der Waals surface area contributed by atoms with Crippen LogP contribution in [0, 0.1) is 0 Å². The Morgan fingerprint density at radius 3 is 2.54 bits per heavy atom. The Kier molecular flexibility index (Phi) is 7.83. The molecule has 28 heavy (non-hydrogen) atoms. The molecule has 0 aliphatic carbocycles. The van der Waals surface area contributed by atoms with E-state index >= 15 is 0 Å². The van der Waals surface area contributed by atoms with Gasteiger partial charge in [0, 0.05) is 30.7 Å². The third-order valence-electron chi connectivity index (χ3n) is 4.38. The van der Waals surface area contributed by atoms with Crippen LogP contribution in [0.25, 0.3) is 0 Å². The van der Waals surface area contributed by atoms with Crippen molar-refractivity contribution >= 4 is 46.5 Å². The molecule has 1 heterocycles. The number of carbonyl (C=O) groups is 2. The molecule has 0 radical (unpaired) electrons. The number of amides is 1. The largest absolute Gasteiger partial charge is 0.459 e. The standard InChI is InChI=1S/C20H26ClN3O3S/c1-12(2)27-19(26)17-13(3)24(4)20(28)23-18(17)14-7-9-15(10-8-14)22-16(25)6-5-11-21/h7-10,12,18H,5-6,11H2,1-4H3,(H,22,25)(H,23,28). The number of carbonyl (C=O) groups excluding carboxylic acids is 2. The van der Waals surface area contributed by atoms with Gasteiger partial charge < -0.3 is 20.3 Å². The Balaban J connectivity index is 2.26. The minimum atomic E-state index is -0.420. The van der Waals surface area contributed by atoms with Gasteiger partial charge in [0.25, 0.3) is 0 Å². The van der Waals surface area contributed by atoms with E-state index in [1.807, 2.05) is 40.0 Å². The van der Waals surface area contributed by atoms with Gasteiger partial charge in [0.05, 0.1) is 17.7 Å². The van der Waals surface area contributed by atoms with E-state index in [9.17, 15) is 9.59 Å². The normalized spacial score (nSPS) is 16.9. The summed E-state index contributed by atoms with van der Waals surface area (Å²) in [6, 6.07) is 6.91. The molecule has 1 amide bonds. The van der Waals surface area contributed by atoms with Crippen LogP contribution in [0.3, 0.4) is 0 Å². The van der Waals surface area contributed by atoms with Crippen molar-refractivity contribution in [2.45, 2.75) is 45.8 Å². The van der Waals surface area contributed by atoms with Gasteiger partial charge in [-0.05, 0) is 57.1 Å². The predicted molar refractivity (Wildman–Crippen MR) is 115 cm³/mol. The molecule has 0 saturated heterocycles. The molecular weight excluding hydrogens is 398 g/mol. The number of alkyl halides is 1. The Morgan fingerprint density at radius 1 is 1.32 bits per heavy atom. The number of halogens is 1. The van der Waals surface area contributed by atoms with Crippen molar-refractivity contribution in [2.75, 3.05) is 18.2 Å². The predicted octanol–water partition coefficient (Wildman–Crippen LogP) is 3.73. The van der Waals surface area contributed by atoms with E-state index in [4.69, 9.17) is 28.6 Å². The third kappa shape index (κ3) is 5.45. The molecule has 0 fully saturated rings. The average Bonchev–Trinajstić information content (AvgIpc) is 2.64. The Hall–Kier alpha value is -2.12. The summed E-state index contributed by atoms with van der Waals surface area (Å²) < 4.78 is 5.43. The van der Waals surface area contributed by atoms with Crippen LogP contribution in [0.1, 0.15) is 45.2 Å². The zero-order valence-corrected chi connectivity index (χ0v) is 18.1. The number of allylic oxidation sites excluding steroid dienone is 1. The molecule has 2 rings (SSSR count). The molecule has 152 valence electrons. The van der Waals surface area contributed by atoms with E-state index in [0.717, 1.165) is 11.3 Å². The molecule has 2 N–H and O–H groups in total. The number of nitrogens with one attached hydrogen (secondary N) is 2. The molecule has 1 aliphatic heterocycles. The first-order valence-corrected chi connectivity index (χ1v) is 10.1. The van der Waals surface area contributed by atoms with Gasteiger partial charge in [-0.3, -0.25) is 4.79 Å². The summed E-state index contributed by atoms with van der Waals surface area (Å²) in [6.45, 7) is 5.48. The minimum Gasteiger partial charge on any atom is -0.459 e. The molecule has 8 heteroatoms. The quantitative estimate of drug-likeness (QED) is 0.395. The van der Waals surface area contributed by atoms with Crippen LogP contribution >= 0.6 is 23.8 Å². The van der Waals surface area contributed by atoms with Gasteiger partial charge >= 0.3 is 5.97 Å². The molecule has 0 spiro atoms. The van der Waals surface area contributed by atoms with Crippen molar-refractivity contribution < 1.29 is 14.3 Å². The summed E-state index contributed by atoms with van der Waals surface area (Å²) in [4.78, 5) is 26.3. The summed E-state index contributed by atoms with van der Waals surface area (Å²) in [5, 5.41) is 6.57. The minimum absolute atomic E-state index is 0.0797. The van der Waals surface area contributed by atoms with Gasteiger partial charge in [-0.25, -0.2) is 4.79 Å². The third-order valence-corrected chi connectivity index (χ3v) is 5.04. The first-order chi connectivity index (χ1) is 13.2. The van der Waals surface area contributed by atoms with E-state index in [0.29, 0.717) is 35.1 Å². The van der Waals surface area contributed by atoms with Crippen LogP contribution in [-0.2, 0) is 14.3 Å². The second-order valence-corrected chi connectivity index (χ2v) is 7.62. The maximum absolute atomic E-state index is 12.7. The highest BCUT2D eigenvalue weighted by Crippen LogP contribution is 2.31. The fourth-order valence-corrected chi connectivity index (χ4v) is 3.23. The van der Waals surface area contributed by atoms with Gasteiger partial charge in [0.2, 0.25) is 5.91 Å². The molecule has 1 aromatic rings. The van der Waals surface area contributed by atoms with E-state index in [2.05, 4.69) is 10.6 Å². The second-order valence-electron chi connectivity index (χ2n) is 6.86. The molecule has 0 aromatic heterocycles. The topological polar surface area (TPSA) is 70.7 Å². The Bertz CT molecular complexity index is 777. The van der Waals surface area contributed by atoms with Crippen molar-refractivity contribution in [3.05, 3.63) is 41.1 Å². The highest BCUT2D eigenvalue weighted by Gasteiger charge is 2.33. The number of esters is 1. The van der Waals surface area contributed by atoms with E-state index in [1.54, 1.807) is 17.0 Å². The lowest BCUT2D eigenvalue weighted by Crippen LogP contribution is -2.46.